The zero-order chi connectivity index (χ0) is 44.5. The molecule has 66 heavy (non-hydrogen) atoms. The number of aliphatic hydroxyl groups excluding tert-OH is 1. The number of hydrogen-bond acceptors (Lipinski definition) is 6. The van der Waals surface area contributed by atoms with Crippen LogP contribution in [0.3, 0.4) is 0 Å². The Bertz CT molecular complexity index is 3290. The molecule has 0 bridgehead atoms. The summed E-state index contributed by atoms with van der Waals surface area (Å²) in [7, 11) is 2.11. The molecule has 12 heteroatoms. The molecule has 3 aliphatic carbocycles. The van der Waals surface area contributed by atoms with E-state index in [1.807, 2.05) is 17.0 Å². The van der Waals surface area contributed by atoms with Crippen LogP contribution in [0.2, 0.25) is 0 Å². The van der Waals surface area contributed by atoms with Crippen molar-refractivity contribution in [1.82, 2.24) is 38.0 Å². The van der Waals surface area contributed by atoms with Crippen LogP contribution in [0.15, 0.2) is 84.9 Å². The summed E-state index contributed by atoms with van der Waals surface area (Å²) in [6.07, 6.45) is 6.92. The van der Waals surface area contributed by atoms with E-state index in [4.69, 9.17) is 15.7 Å². The maximum absolute atomic E-state index is 13.8. The van der Waals surface area contributed by atoms with Gasteiger partial charge in [0.05, 0.1) is 39.6 Å². The minimum Gasteiger partial charge on any atom is -0.392 e. The number of aromatic nitrogens is 6. The van der Waals surface area contributed by atoms with Gasteiger partial charge in [-0.3, -0.25) is 9.59 Å². The summed E-state index contributed by atoms with van der Waals surface area (Å²) in [5.74, 6) is 3.98. The fourth-order valence-electron chi connectivity index (χ4n) is 11.5. The van der Waals surface area contributed by atoms with Crippen molar-refractivity contribution < 1.29 is 14.7 Å². The molecule has 12 nitrogen and oxygen atoms in total. The number of aliphatic hydroxyl groups is 1. The number of fused-ring (bicyclic) bond motifs is 6. The molecule has 0 radical (unpaired) electrons. The Kier molecular flexibility index (Phi) is 9.20. The van der Waals surface area contributed by atoms with Crippen molar-refractivity contribution in [2.45, 2.75) is 83.6 Å². The van der Waals surface area contributed by atoms with Crippen molar-refractivity contribution >= 4 is 55.7 Å². The summed E-state index contributed by atoms with van der Waals surface area (Å²) in [5, 5.41) is 12.6. The van der Waals surface area contributed by atoms with Gasteiger partial charge in [-0.05, 0) is 135 Å². The molecule has 0 spiro atoms. The van der Waals surface area contributed by atoms with Crippen LogP contribution in [0.25, 0.3) is 66.9 Å². The van der Waals surface area contributed by atoms with E-state index in [0.717, 1.165) is 101 Å². The molecule has 2 aliphatic heterocycles. The topological polar surface area (TPSA) is 132 Å². The van der Waals surface area contributed by atoms with Gasteiger partial charge in [-0.15, -0.1) is 0 Å². The molecule has 3 N–H and O–H groups in total. The first-order valence-corrected chi connectivity index (χ1v) is 24.4. The van der Waals surface area contributed by atoms with Crippen molar-refractivity contribution in [1.29, 1.82) is 0 Å². The number of imidazole rings is 2. The van der Waals surface area contributed by atoms with E-state index < -0.39 is 6.10 Å². The van der Waals surface area contributed by atoms with Gasteiger partial charge in [0.1, 0.15) is 0 Å². The van der Waals surface area contributed by atoms with Gasteiger partial charge in [0, 0.05) is 91.8 Å². The summed E-state index contributed by atoms with van der Waals surface area (Å²) in [6.45, 7) is 6.63. The predicted molar refractivity (Wildman–Crippen MR) is 258 cm³/mol. The normalized spacial score (nSPS) is 20.5. The smallest absolute Gasteiger partial charge is 0.254 e. The second-order valence-electron chi connectivity index (χ2n) is 20.5. The van der Waals surface area contributed by atoms with Crippen molar-refractivity contribution in [3.63, 3.8) is 0 Å². The second kappa shape index (κ2) is 15.1. The van der Waals surface area contributed by atoms with Crippen LogP contribution in [0.1, 0.15) is 70.9 Å². The number of β-amino-alcohol motifs (C(OH)–C–C–N with tert-alkyl or cyclic N) is 1. The molecule has 336 valence electrons. The van der Waals surface area contributed by atoms with Gasteiger partial charge in [0.2, 0.25) is 0 Å². The lowest BCUT2D eigenvalue weighted by Gasteiger charge is -2.30. The third-order valence-corrected chi connectivity index (χ3v) is 15.7. The van der Waals surface area contributed by atoms with Crippen LogP contribution in [0.4, 0.5) is 0 Å². The van der Waals surface area contributed by atoms with Crippen LogP contribution in [0, 0.1) is 23.7 Å². The number of nitrogens with two attached hydrogens (primary N) is 1. The molecule has 3 saturated carbocycles. The Labute approximate surface area is 383 Å². The lowest BCUT2D eigenvalue weighted by Crippen LogP contribution is -2.45. The molecule has 2 unspecified atom stereocenters. The monoisotopic (exact) mass is 879 g/mol. The highest BCUT2D eigenvalue weighted by atomic mass is 16.3. The highest BCUT2D eigenvalue weighted by Gasteiger charge is 2.40. The third-order valence-electron chi connectivity index (χ3n) is 15.7. The molecular formula is C54H57N9O3. The van der Waals surface area contributed by atoms with E-state index in [2.05, 4.69) is 98.1 Å². The summed E-state index contributed by atoms with van der Waals surface area (Å²) < 4.78 is 9.65. The number of benzene rings is 4. The van der Waals surface area contributed by atoms with E-state index in [0.29, 0.717) is 55.4 Å². The van der Waals surface area contributed by atoms with Gasteiger partial charge in [0.25, 0.3) is 11.8 Å². The maximum Gasteiger partial charge on any atom is 0.254 e. The van der Waals surface area contributed by atoms with Crippen LogP contribution >= 0.6 is 0 Å². The molecule has 8 aromatic rings. The molecule has 4 aromatic carbocycles. The number of carbonyl (C=O) groups is 2. The average Bonchev–Trinajstić information content (AvgIpc) is 4.27. The van der Waals surface area contributed by atoms with E-state index in [9.17, 15) is 14.7 Å². The standard InChI is InChI=1S/C54H57N9O3/c1-31(64)26-59-17-15-35-21-48-44(25-41(35)53(59)65)57-52(50-23-37-8-3-5-9-45(37)61(50)27-32-11-12-32)63(48)29-39-19-38(39)28-62-46-10-6-4-7-36(46)22-49(62)51-56-43-24-40-34(20-47(43)58(51)2)16-18-60(54(40)66)30-42(55)33-13-14-33/h3-10,20-25,31-33,38-39,42,64H,11-19,26-30,55H2,1-2H3/t31-,38?,39?,42+/m1/s1. The lowest BCUT2D eigenvalue weighted by atomic mass is 9.97. The van der Waals surface area contributed by atoms with Crippen molar-refractivity contribution in [2.24, 2.45) is 36.5 Å². The number of amides is 2. The van der Waals surface area contributed by atoms with E-state index in [1.165, 1.54) is 47.5 Å². The molecule has 2 amide bonds. The Morgan fingerprint density at radius 1 is 0.652 bits per heavy atom. The third kappa shape index (κ3) is 6.77. The number of rotatable bonds is 13. The van der Waals surface area contributed by atoms with Gasteiger partial charge >= 0.3 is 0 Å². The summed E-state index contributed by atoms with van der Waals surface area (Å²) >= 11 is 0. The summed E-state index contributed by atoms with van der Waals surface area (Å²) in [4.78, 5) is 42.1. The quantitative estimate of drug-likeness (QED) is 0.121. The fourth-order valence-corrected chi connectivity index (χ4v) is 11.5. The van der Waals surface area contributed by atoms with Crippen LogP contribution in [0.5, 0.6) is 0 Å². The number of para-hydroxylation sites is 2. The van der Waals surface area contributed by atoms with Gasteiger partial charge in [-0.1, -0.05) is 36.4 Å². The molecule has 0 saturated heterocycles. The second-order valence-corrected chi connectivity index (χ2v) is 20.5. The largest absolute Gasteiger partial charge is 0.392 e. The van der Waals surface area contributed by atoms with Crippen LogP contribution in [-0.4, -0.2) is 93.3 Å². The highest BCUT2D eigenvalue weighted by Crippen LogP contribution is 2.46. The first-order chi connectivity index (χ1) is 32.1. The Morgan fingerprint density at radius 3 is 1.82 bits per heavy atom. The molecule has 6 heterocycles. The number of nitrogens with zero attached hydrogens (tertiary/aromatic N) is 8. The van der Waals surface area contributed by atoms with Crippen LogP contribution in [-0.2, 0) is 39.5 Å². The van der Waals surface area contributed by atoms with Crippen molar-refractivity contribution in [3.05, 3.63) is 107 Å². The fraction of sp³-hybridized carbons (Fsp3) is 0.407. The first kappa shape index (κ1) is 40.1. The van der Waals surface area contributed by atoms with E-state index in [1.54, 1.807) is 11.8 Å². The van der Waals surface area contributed by atoms with Gasteiger partial charge in [-0.2, -0.15) is 0 Å². The Hall–Kier alpha value is -6.24. The minimum atomic E-state index is -0.584. The van der Waals surface area contributed by atoms with E-state index >= 15 is 0 Å². The van der Waals surface area contributed by atoms with Gasteiger partial charge in [0.15, 0.2) is 11.6 Å². The average molecular weight is 880 g/mol. The Morgan fingerprint density at radius 2 is 1.20 bits per heavy atom. The number of hydrogen-bond donors (Lipinski definition) is 2. The van der Waals surface area contributed by atoms with Gasteiger partial charge < -0.3 is 38.9 Å². The number of carbonyl (C=O) groups excluding carboxylic acids is 2. The predicted octanol–water partition coefficient (Wildman–Crippen LogP) is 8.03. The molecule has 5 aliphatic rings. The molecule has 3 fully saturated rings. The molecular weight excluding hydrogens is 823 g/mol. The van der Waals surface area contributed by atoms with Gasteiger partial charge in [-0.25, -0.2) is 9.97 Å². The molecule has 13 rings (SSSR count). The SMILES string of the molecule is C[C@@H](O)CN1CCc2cc3c(cc2C1=O)nc(-c1cc2ccccc2n1CC1CC1)n3CC1CC1Cn1c(-c2nc3cc4c(cc3n2C)CCN(C[C@H](N)C2CC2)C4=O)cc2ccccc21. The first-order valence-electron chi connectivity index (χ1n) is 24.4. The summed E-state index contributed by atoms with van der Waals surface area (Å²) in [5.41, 5.74) is 18.5. The maximum atomic E-state index is 13.8. The van der Waals surface area contributed by atoms with Crippen molar-refractivity contribution in [2.75, 3.05) is 26.2 Å². The minimum absolute atomic E-state index is 0.0281. The highest BCUT2D eigenvalue weighted by molar-refractivity contribution is 6.02. The lowest BCUT2D eigenvalue weighted by molar-refractivity contribution is 0.0630. The zero-order valence-electron chi connectivity index (χ0n) is 37.9. The Balaban J connectivity index is 0.849. The zero-order valence-corrected chi connectivity index (χ0v) is 37.9. The molecule has 4 aromatic heterocycles. The van der Waals surface area contributed by atoms with Crippen LogP contribution < -0.4 is 5.73 Å². The van der Waals surface area contributed by atoms with E-state index in [-0.39, 0.29) is 17.9 Å². The molecule has 4 atom stereocenters. The number of aryl methyl sites for hydroxylation is 1. The van der Waals surface area contributed by atoms with Crippen molar-refractivity contribution in [3.8, 4) is 23.0 Å². The summed E-state index contributed by atoms with van der Waals surface area (Å²) in [6, 6.07) is 30.5.